The number of allylic oxidation sites excluding steroid dienone is 2. The van der Waals surface area contributed by atoms with Crippen LogP contribution < -0.4 is 5.32 Å². The number of hydrogen-bond acceptors (Lipinski definition) is 3. The highest BCUT2D eigenvalue weighted by Gasteiger charge is 2.51. The number of halogens is 2. The molecule has 2 aliphatic rings. The molecule has 4 rings (SSSR count). The maximum Gasteiger partial charge on any atom is 0.307 e. The minimum Gasteiger partial charge on any atom is -0.481 e. The highest BCUT2D eigenvalue weighted by molar-refractivity contribution is 9.10. The standard InChI is InChI=1S/C19H17BrClN3O3/c20-14-9-24(8-10-1-5-13(21)6-2-10)23-17(14)22-18(25)15-11-3-4-12(7-11)16(15)19(26)27/h1-6,9,11-12,15-16H,7-8H2,(H,26,27)(H,22,23,25)/t11-,12+,15+,16+/m1/s1. The lowest BCUT2D eigenvalue weighted by Gasteiger charge is -2.23. The van der Waals surface area contributed by atoms with Gasteiger partial charge in [-0.25, -0.2) is 0 Å². The number of hydrogen-bond donors (Lipinski definition) is 2. The van der Waals surface area contributed by atoms with E-state index in [1.807, 2.05) is 36.4 Å². The Kier molecular flexibility index (Phi) is 4.82. The average Bonchev–Trinajstić information content (AvgIpc) is 3.32. The Morgan fingerprint density at radius 3 is 2.56 bits per heavy atom. The summed E-state index contributed by atoms with van der Waals surface area (Å²) in [4.78, 5) is 24.4. The number of carboxylic acid groups (broad SMARTS) is 1. The van der Waals surface area contributed by atoms with Gasteiger partial charge in [-0.2, -0.15) is 5.10 Å². The molecule has 0 unspecified atom stereocenters. The lowest BCUT2D eigenvalue weighted by atomic mass is 9.82. The van der Waals surface area contributed by atoms with Crippen LogP contribution in [0.1, 0.15) is 12.0 Å². The quantitative estimate of drug-likeness (QED) is 0.679. The van der Waals surface area contributed by atoms with Gasteiger partial charge in [0.2, 0.25) is 5.91 Å². The average molecular weight is 451 g/mol. The predicted molar refractivity (Wildman–Crippen MR) is 104 cm³/mol. The molecule has 1 amide bonds. The number of nitrogens with one attached hydrogen (secondary N) is 1. The number of fused-ring (bicyclic) bond motifs is 2. The van der Waals surface area contributed by atoms with Crippen LogP contribution in [0.3, 0.4) is 0 Å². The van der Waals surface area contributed by atoms with Gasteiger partial charge in [0.15, 0.2) is 5.82 Å². The van der Waals surface area contributed by atoms with E-state index in [2.05, 4.69) is 26.3 Å². The number of carbonyl (C=O) groups excluding carboxylic acids is 1. The molecule has 2 aromatic rings. The number of amides is 1. The zero-order chi connectivity index (χ0) is 19.1. The number of anilines is 1. The van der Waals surface area contributed by atoms with Crippen LogP contribution in [0.2, 0.25) is 5.02 Å². The molecular formula is C19H17BrClN3O3. The fourth-order valence-corrected chi connectivity index (χ4v) is 4.60. The Labute approximate surface area is 169 Å². The highest BCUT2D eigenvalue weighted by atomic mass is 79.9. The SMILES string of the molecule is O=C(Nc1nn(Cc2ccc(Cl)cc2)cc1Br)[C@@H]1[C@@H](C(=O)O)[C@H]2C=C[C@@H]1C2. The number of aromatic nitrogens is 2. The van der Waals surface area contributed by atoms with Crippen molar-refractivity contribution in [1.82, 2.24) is 9.78 Å². The summed E-state index contributed by atoms with van der Waals surface area (Å²) in [7, 11) is 0. The minimum atomic E-state index is -0.917. The van der Waals surface area contributed by atoms with Crippen molar-refractivity contribution in [3.8, 4) is 0 Å². The fourth-order valence-electron chi connectivity index (χ4n) is 4.06. The molecule has 2 bridgehead atoms. The number of rotatable bonds is 5. The molecule has 8 heteroatoms. The van der Waals surface area contributed by atoms with Gasteiger partial charge in [0.1, 0.15) is 0 Å². The Morgan fingerprint density at radius 2 is 1.89 bits per heavy atom. The normalized spacial score (nSPS) is 25.7. The second-order valence-corrected chi connectivity index (χ2v) is 8.27. The zero-order valence-electron chi connectivity index (χ0n) is 14.2. The van der Waals surface area contributed by atoms with Crippen molar-refractivity contribution in [2.75, 3.05) is 5.32 Å². The third-order valence-electron chi connectivity index (χ3n) is 5.26. The van der Waals surface area contributed by atoms with E-state index >= 15 is 0 Å². The molecule has 6 nitrogen and oxygen atoms in total. The molecule has 2 aliphatic carbocycles. The van der Waals surface area contributed by atoms with Gasteiger partial charge in [0, 0.05) is 11.2 Å². The Morgan fingerprint density at radius 1 is 1.22 bits per heavy atom. The van der Waals surface area contributed by atoms with E-state index in [9.17, 15) is 14.7 Å². The summed E-state index contributed by atoms with van der Waals surface area (Å²) in [5.41, 5.74) is 1.02. The lowest BCUT2D eigenvalue weighted by Crippen LogP contribution is -2.36. The van der Waals surface area contributed by atoms with Crippen LogP contribution in [-0.2, 0) is 16.1 Å². The summed E-state index contributed by atoms with van der Waals surface area (Å²) in [6.07, 6.45) is 6.38. The third kappa shape index (κ3) is 3.53. The number of nitrogens with zero attached hydrogens (tertiary/aromatic N) is 2. The Balaban J connectivity index is 1.49. The van der Waals surface area contributed by atoms with E-state index in [-0.39, 0.29) is 17.7 Å². The van der Waals surface area contributed by atoms with Crippen LogP contribution in [0.15, 0.2) is 47.1 Å². The molecule has 27 heavy (non-hydrogen) atoms. The summed E-state index contributed by atoms with van der Waals surface area (Å²) in [5, 5.41) is 17.4. The van der Waals surface area contributed by atoms with Gasteiger partial charge in [-0.15, -0.1) is 0 Å². The fraction of sp³-hybridized carbons (Fsp3) is 0.316. The topological polar surface area (TPSA) is 84.2 Å². The van der Waals surface area contributed by atoms with Gasteiger partial charge < -0.3 is 10.4 Å². The maximum atomic E-state index is 12.8. The first-order valence-corrected chi connectivity index (χ1v) is 9.79. The van der Waals surface area contributed by atoms with Crippen molar-refractivity contribution in [3.63, 3.8) is 0 Å². The molecular weight excluding hydrogens is 434 g/mol. The molecule has 0 saturated heterocycles. The first-order valence-electron chi connectivity index (χ1n) is 8.62. The largest absolute Gasteiger partial charge is 0.481 e. The number of carbonyl (C=O) groups is 2. The summed E-state index contributed by atoms with van der Waals surface area (Å²) in [6.45, 7) is 0.528. The summed E-state index contributed by atoms with van der Waals surface area (Å²) in [6, 6.07) is 7.45. The molecule has 0 spiro atoms. The van der Waals surface area contributed by atoms with Crippen molar-refractivity contribution in [2.24, 2.45) is 23.7 Å². The van der Waals surface area contributed by atoms with E-state index in [4.69, 9.17) is 11.6 Å². The molecule has 1 fully saturated rings. The van der Waals surface area contributed by atoms with Crippen molar-refractivity contribution < 1.29 is 14.7 Å². The Bertz CT molecular complexity index is 925. The number of carboxylic acids is 1. The molecule has 1 saturated carbocycles. The predicted octanol–water partition coefficient (Wildman–Crippen LogP) is 3.81. The van der Waals surface area contributed by atoms with Gasteiger partial charge >= 0.3 is 5.97 Å². The smallest absolute Gasteiger partial charge is 0.307 e. The van der Waals surface area contributed by atoms with Crippen LogP contribution in [-0.4, -0.2) is 26.8 Å². The van der Waals surface area contributed by atoms with Gasteiger partial charge in [0.25, 0.3) is 0 Å². The van der Waals surface area contributed by atoms with Crippen molar-refractivity contribution in [1.29, 1.82) is 0 Å². The molecule has 0 aliphatic heterocycles. The second kappa shape index (κ2) is 7.13. The highest BCUT2D eigenvalue weighted by Crippen LogP contribution is 2.48. The zero-order valence-corrected chi connectivity index (χ0v) is 16.5. The lowest BCUT2D eigenvalue weighted by molar-refractivity contribution is -0.146. The van der Waals surface area contributed by atoms with E-state index in [0.29, 0.717) is 21.9 Å². The monoisotopic (exact) mass is 449 g/mol. The molecule has 140 valence electrons. The molecule has 1 aromatic heterocycles. The van der Waals surface area contributed by atoms with E-state index in [1.165, 1.54) is 0 Å². The summed E-state index contributed by atoms with van der Waals surface area (Å²) >= 11 is 9.32. The van der Waals surface area contributed by atoms with Crippen LogP contribution in [0.4, 0.5) is 5.82 Å². The van der Waals surface area contributed by atoms with Gasteiger partial charge in [-0.05, 0) is 51.9 Å². The second-order valence-electron chi connectivity index (χ2n) is 6.98. The van der Waals surface area contributed by atoms with Crippen LogP contribution in [0, 0.1) is 23.7 Å². The number of aliphatic carboxylic acids is 1. The van der Waals surface area contributed by atoms with Gasteiger partial charge in [-0.3, -0.25) is 14.3 Å². The van der Waals surface area contributed by atoms with E-state index in [0.717, 1.165) is 12.0 Å². The van der Waals surface area contributed by atoms with Crippen molar-refractivity contribution >= 4 is 45.2 Å². The maximum absolute atomic E-state index is 12.8. The van der Waals surface area contributed by atoms with E-state index in [1.54, 1.807) is 10.9 Å². The minimum absolute atomic E-state index is 0.0222. The van der Waals surface area contributed by atoms with Crippen molar-refractivity contribution in [2.45, 2.75) is 13.0 Å². The third-order valence-corrected chi connectivity index (χ3v) is 6.10. The van der Waals surface area contributed by atoms with Gasteiger partial charge in [0.05, 0.1) is 22.9 Å². The number of benzene rings is 1. The molecule has 2 N–H and O–H groups in total. The molecule has 0 radical (unpaired) electrons. The Hall–Kier alpha value is -2.12. The van der Waals surface area contributed by atoms with Crippen molar-refractivity contribution in [3.05, 3.63) is 57.7 Å². The molecule has 1 aromatic carbocycles. The molecule has 1 heterocycles. The van der Waals surface area contributed by atoms with Crippen LogP contribution >= 0.6 is 27.5 Å². The van der Waals surface area contributed by atoms with Crippen LogP contribution in [0.5, 0.6) is 0 Å². The van der Waals surface area contributed by atoms with E-state index < -0.39 is 17.8 Å². The molecule has 4 atom stereocenters. The van der Waals surface area contributed by atoms with Gasteiger partial charge in [-0.1, -0.05) is 35.9 Å². The first kappa shape index (κ1) is 18.3. The van der Waals surface area contributed by atoms with Crippen LogP contribution in [0.25, 0.3) is 0 Å². The summed E-state index contributed by atoms with van der Waals surface area (Å²) in [5.74, 6) is -2.14. The summed E-state index contributed by atoms with van der Waals surface area (Å²) < 4.78 is 2.36. The first-order chi connectivity index (χ1) is 12.9.